The van der Waals surface area contributed by atoms with Crippen LogP contribution in [0.4, 0.5) is 11.6 Å². The summed E-state index contributed by atoms with van der Waals surface area (Å²) in [4.78, 5) is 23.3. The Morgan fingerprint density at radius 2 is 2.04 bits per heavy atom. The number of aryl methyl sites for hydroxylation is 2. The van der Waals surface area contributed by atoms with Gasteiger partial charge < -0.3 is 15.0 Å². The number of piperidine rings is 1. The number of hydrogen-bond acceptors (Lipinski definition) is 5. The SMILES string of the molecule is Cc1ccc(NC(=O)COc2cc(C)nc(N3CCC[C@H](C)C3)n2)cc1. The molecule has 0 aliphatic carbocycles. The molecule has 138 valence electrons. The highest BCUT2D eigenvalue weighted by molar-refractivity contribution is 5.91. The van der Waals surface area contributed by atoms with Gasteiger partial charge in [0.05, 0.1) is 0 Å². The Labute approximate surface area is 154 Å². The first-order valence-corrected chi connectivity index (χ1v) is 9.09. The molecule has 3 rings (SSSR count). The smallest absolute Gasteiger partial charge is 0.262 e. The van der Waals surface area contributed by atoms with Gasteiger partial charge >= 0.3 is 0 Å². The van der Waals surface area contributed by atoms with Crippen molar-refractivity contribution in [3.8, 4) is 5.88 Å². The van der Waals surface area contributed by atoms with E-state index >= 15 is 0 Å². The second-order valence-corrected chi connectivity index (χ2v) is 7.04. The number of anilines is 2. The second kappa shape index (κ2) is 8.17. The van der Waals surface area contributed by atoms with E-state index in [0.717, 1.165) is 36.5 Å². The number of amides is 1. The van der Waals surface area contributed by atoms with Crippen LogP contribution in [-0.2, 0) is 4.79 Å². The van der Waals surface area contributed by atoms with Crippen molar-refractivity contribution in [2.24, 2.45) is 5.92 Å². The van der Waals surface area contributed by atoms with Gasteiger partial charge in [0.1, 0.15) is 0 Å². The lowest BCUT2D eigenvalue weighted by atomic mass is 10.0. The van der Waals surface area contributed by atoms with Gasteiger partial charge in [0.15, 0.2) is 6.61 Å². The van der Waals surface area contributed by atoms with Crippen molar-refractivity contribution in [3.05, 3.63) is 41.6 Å². The predicted octanol–water partition coefficient (Wildman–Crippen LogP) is 3.35. The monoisotopic (exact) mass is 354 g/mol. The molecule has 1 aliphatic heterocycles. The number of ether oxygens (including phenoxy) is 1. The van der Waals surface area contributed by atoms with Crippen LogP contribution in [0, 0.1) is 19.8 Å². The third-order valence-electron chi connectivity index (χ3n) is 4.45. The number of rotatable bonds is 5. The van der Waals surface area contributed by atoms with Gasteiger partial charge in [-0.15, -0.1) is 0 Å². The molecule has 6 heteroatoms. The summed E-state index contributed by atoms with van der Waals surface area (Å²) < 4.78 is 5.61. The van der Waals surface area contributed by atoms with E-state index in [0.29, 0.717) is 17.7 Å². The lowest BCUT2D eigenvalue weighted by Gasteiger charge is -2.31. The molecule has 0 radical (unpaired) electrons. The first-order chi connectivity index (χ1) is 12.5. The largest absolute Gasteiger partial charge is 0.467 e. The highest BCUT2D eigenvalue weighted by Crippen LogP contribution is 2.22. The van der Waals surface area contributed by atoms with Gasteiger partial charge in [0.2, 0.25) is 11.8 Å². The minimum Gasteiger partial charge on any atom is -0.467 e. The zero-order chi connectivity index (χ0) is 18.5. The third kappa shape index (κ3) is 4.94. The van der Waals surface area contributed by atoms with Crippen LogP contribution in [0.5, 0.6) is 5.88 Å². The Morgan fingerprint density at radius 3 is 2.77 bits per heavy atom. The Bertz CT molecular complexity index is 761. The quantitative estimate of drug-likeness (QED) is 0.892. The summed E-state index contributed by atoms with van der Waals surface area (Å²) >= 11 is 0. The Balaban J connectivity index is 1.60. The molecule has 1 aromatic heterocycles. The minimum absolute atomic E-state index is 0.0832. The average Bonchev–Trinajstić information content (AvgIpc) is 2.61. The van der Waals surface area contributed by atoms with Crippen molar-refractivity contribution < 1.29 is 9.53 Å². The van der Waals surface area contributed by atoms with E-state index in [1.165, 1.54) is 6.42 Å². The topological polar surface area (TPSA) is 67.3 Å². The molecule has 1 N–H and O–H groups in total. The molecule has 1 atom stereocenters. The zero-order valence-corrected chi connectivity index (χ0v) is 15.7. The molecule has 0 bridgehead atoms. The molecule has 1 fully saturated rings. The fourth-order valence-corrected chi connectivity index (χ4v) is 3.08. The van der Waals surface area contributed by atoms with Gasteiger partial charge in [-0.1, -0.05) is 24.6 Å². The molecule has 6 nitrogen and oxygen atoms in total. The van der Waals surface area contributed by atoms with E-state index < -0.39 is 0 Å². The lowest BCUT2D eigenvalue weighted by Crippen LogP contribution is -2.35. The van der Waals surface area contributed by atoms with Crippen molar-refractivity contribution in [1.29, 1.82) is 0 Å². The fourth-order valence-electron chi connectivity index (χ4n) is 3.08. The van der Waals surface area contributed by atoms with Gasteiger partial charge in [0.25, 0.3) is 5.91 Å². The highest BCUT2D eigenvalue weighted by Gasteiger charge is 2.19. The normalized spacial score (nSPS) is 17.0. The van der Waals surface area contributed by atoms with Crippen LogP contribution in [0.1, 0.15) is 31.0 Å². The number of nitrogens with one attached hydrogen (secondary N) is 1. The van der Waals surface area contributed by atoms with E-state index in [-0.39, 0.29) is 12.5 Å². The van der Waals surface area contributed by atoms with E-state index in [4.69, 9.17) is 4.74 Å². The van der Waals surface area contributed by atoms with Crippen LogP contribution < -0.4 is 15.0 Å². The van der Waals surface area contributed by atoms with E-state index in [9.17, 15) is 4.79 Å². The maximum atomic E-state index is 12.1. The van der Waals surface area contributed by atoms with E-state index in [2.05, 4.69) is 27.1 Å². The molecule has 0 saturated carbocycles. The summed E-state index contributed by atoms with van der Waals surface area (Å²) in [6.45, 7) is 8.00. The fraction of sp³-hybridized carbons (Fsp3) is 0.450. The van der Waals surface area contributed by atoms with Crippen molar-refractivity contribution in [1.82, 2.24) is 9.97 Å². The average molecular weight is 354 g/mol. The van der Waals surface area contributed by atoms with Crippen LogP contribution in [0.3, 0.4) is 0 Å². The maximum Gasteiger partial charge on any atom is 0.262 e. The Morgan fingerprint density at radius 1 is 1.27 bits per heavy atom. The number of benzene rings is 1. The van der Waals surface area contributed by atoms with Crippen molar-refractivity contribution in [2.45, 2.75) is 33.6 Å². The molecule has 1 saturated heterocycles. The molecular formula is C20H26N4O2. The predicted molar refractivity (Wildman–Crippen MR) is 103 cm³/mol. The molecular weight excluding hydrogens is 328 g/mol. The van der Waals surface area contributed by atoms with Gasteiger partial charge in [-0.3, -0.25) is 4.79 Å². The maximum absolute atomic E-state index is 12.1. The van der Waals surface area contributed by atoms with E-state index in [1.807, 2.05) is 38.1 Å². The molecule has 2 heterocycles. The van der Waals surface area contributed by atoms with Gasteiger partial charge in [0, 0.05) is 30.5 Å². The van der Waals surface area contributed by atoms with Crippen LogP contribution in [0.25, 0.3) is 0 Å². The van der Waals surface area contributed by atoms with Crippen LogP contribution >= 0.6 is 0 Å². The highest BCUT2D eigenvalue weighted by atomic mass is 16.5. The molecule has 1 aromatic carbocycles. The minimum atomic E-state index is -0.210. The van der Waals surface area contributed by atoms with E-state index in [1.54, 1.807) is 6.07 Å². The number of carbonyl (C=O) groups excluding carboxylic acids is 1. The van der Waals surface area contributed by atoms with Crippen LogP contribution in [0.15, 0.2) is 30.3 Å². The summed E-state index contributed by atoms with van der Waals surface area (Å²) in [6, 6.07) is 9.41. The molecule has 0 spiro atoms. The summed E-state index contributed by atoms with van der Waals surface area (Å²) in [7, 11) is 0. The number of nitrogens with zero attached hydrogens (tertiary/aromatic N) is 3. The van der Waals surface area contributed by atoms with Crippen molar-refractivity contribution in [3.63, 3.8) is 0 Å². The second-order valence-electron chi connectivity index (χ2n) is 7.04. The molecule has 26 heavy (non-hydrogen) atoms. The van der Waals surface area contributed by atoms with Gasteiger partial charge in [-0.25, -0.2) is 4.98 Å². The first-order valence-electron chi connectivity index (χ1n) is 9.09. The molecule has 1 aliphatic rings. The lowest BCUT2D eigenvalue weighted by molar-refractivity contribution is -0.118. The zero-order valence-electron chi connectivity index (χ0n) is 15.7. The Kier molecular flexibility index (Phi) is 5.71. The van der Waals surface area contributed by atoms with Crippen molar-refractivity contribution in [2.75, 3.05) is 29.9 Å². The number of aromatic nitrogens is 2. The summed E-state index contributed by atoms with van der Waals surface area (Å²) in [5.41, 5.74) is 2.74. The summed E-state index contributed by atoms with van der Waals surface area (Å²) in [5, 5.41) is 2.82. The van der Waals surface area contributed by atoms with Crippen molar-refractivity contribution >= 4 is 17.5 Å². The van der Waals surface area contributed by atoms with Gasteiger partial charge in [-0.05, 0) is 44.7 Å². The standard InChI is InChI=1S/C20H26N4O2/c1-14-6-8-17(9-7-14)22-18(25)13-26-19-11-16(3)21-20(23-19)24-10-4-5-15(2)12-24/h6-9,11,15H,4-5,10,12-13H2,1-3H3,(H,22,25)/t15-/m0/s1. The molecule has 1 amide bonds. The van der Waals surface area contributed by atoms with Crippen LogP contribution in [-0.4, -0.2) is 35.6 Å². The number of hydrogen-bond donors (Lipinski definition) is 1. The Hall–Kier alpha value is -2.63. The number of carbonyl (C=O) groups is 1. The van der Waals surface area contributed by atoms with Crippen LogP contribution in [0.2, 0.25) is 0 Å². The summed E-state index contributed by atoms with van der Waals surface area (Å²) in [6.07, 6.45) is 2.39. The summed E-state index contributed by atoms with van der Waals surface area (Å²) in [5.74, 6) is 1.55. The van der Waals surface area contributed by atoms with Gasteiger partial charge in [-0.2, -0.15) is 4.98 Å². The first kappa shape index (κ1) is 18.2. The molecule has 2 aromatic rings. The third-order valence-corrected chi connectivity index (χ3v) is 4.45. The molecule has 0 unspecified atom stereocenters.